The predicted octanol–water partition coefficient (Wildman–Crippen LogP) is 3.42. The van der Waals surface area contributed by atoms with Crippen LogP contribution in [0.25, 0.3) is 11.2 Å². The summed E-state index contributed by atoms with van der Waals surface area (Å²) in [6, 6.07) is 7.77. The highest BCUT2D eigenvalue weighted by Gasteiger charge is 2.28. The second-order valence-electron chi connectivity index (χ2n) is 8.15. The molecule has 1 aliphatic heterocycles. The molecule has 8 heteroatoms. The Labute approximate surface area is 181 Å². The summed E-state index contributed by atoms with van der Waals surface area (Å²) in [7, 11) is 3.33. The van der Waals surface area contributed by atoms with Gasteiger partial charge in [-0.1, -0.05) is 45.1 Å². The van der Waals surface area contributed by atoms with E-state index in [0.717, 1.165) is 30.7 Å². The highest BCUT2D eigenvalue weighted by Crippen LogP contribution is 2.33. The summed E-state index contributed by atoms with van der Waals surface area (Å²) in [6.45, 7) is 4.00. The number of unbranched alkanes of at least 4 members (excludes halogenated alkanes) is 5. The molecular weight excluding hydrogens is 394 g/mol. The summed E-state index contributed by atoms with van der Waals surface area (Å²) >= 11 is 0. The molecule has 0 N–H and O–H groups in total. The van der Waals surface area contributed by atoms with Crippen LogP contribution in [0.1, 0.15) is 45.4 Å². The summed E-state index contributed by atoms with van der Waals surface area (Å²) in [6.07, 6.45) is 6.65. The van der Waals surface area contributed by atoms with Crippen LogP contribution in [0, 0.1) is 0 Å². The number of hydrogen-bond donors (Lipinski definition) is 0. The van der Waals surface area contributed by atoms with Crippen molar-refractivity contribution >= 4 is 22.8 Å². The molecular formula is C23H31N5O3. The van der Waals surface area contributed by atoms with Gasteiger partial charge in [0.2, 0.25) is 5.95 Å². The second kappa shape index (κ2) is 8.99. The van der Waals surface area contributed by atoms with Crippen LogP contribution >= 0.6 is 0 Å². The van der Waals surface area contributed by atoms with Gasteiger partial charge in [-0.2, -0.15) is 4.98 Å². The number of benzene rings is 1. The minimum Gasteiger partial charge on any atom is -0.497 e. The first-order valence-electron chi connectivity index (χ1n) is 11.2. The van der Waals surface area contributed by atoms with E-state index in [2.05, 4.69) is 11.8 Å². The topological polar surface area (TPSA) is 74.3 Å². The largest absolute Gasteiger partial charge is 0.497 e. The molecule has 3 heterocycles. The van der Waals surface area contributed by atoms with E-state index in [1.807, 2.05) is 28.8 Å². The van der Waals surface area contributed by atoms with Crippen molar-refractivity contribution in [2.45, 2.75) is 58.5 Å². The number of imidazole rings is 1. The third kappa shape index (κ3) is 3.86. The van der Waals surface area contributed by atoms with Crippen molar-refractivity contribution in [1.82, 2.24) is 18.7 Å². The fourth-order valence-corrected chi connectivity index (χ4v) is 4.35. The minimum atomic E-state index is -0.296. The number of aromatic nitrogens is 4. The summed E-state index contributed by atoms with van der Waals surface area (Å²) in [5, 5.41) is 0. The summed E-state index contributed by atoms with van der Waals surface area (Å²) < 4.78 is 10.2. The fourth-order valence-electron chi connectivity index (χ4n) is 4.35. The van der Waals surface area contributed by atoms with Crippen molar-refractivity contribution in [2.75, 3.05) is 18.6 Å². The third-order valence-electron chi connectivity index (χ3n) is 6.10. The van der Waals surface area contributed by atoms with Gasteiger partial charge in [0, 0.05) is 38.4 Å². The Hall–Kier alpha value is -3.03. The van der Waals surface area contributed by atoms with Gasteiger partial charge in [-0.3, -0.25) is 13.9 Å². The lowest BCUT2D eigenvalue weighted by molar-refractivity contribution is 0.415. The highest BCUT2D eigenvalue weighted by atomic mass is 16.5. The van der Waals surface area contributed by atoms with Crippen LogP contribution in [0.2, 0.25) is 0 Å². The van der Waals surface area contributed by atoms with Crippen LogP contribution in [-0.4, -0.2) is 32.3 Å². The third-order valence-corrected chi connectivity index (χ3v) is 6.10. The van der Waals surface area contributed by atoms with Gasteiger partial charge in [-0.25, -0.2) is 4.79 Å². The Morgan fingerprint density at radius 3 is 2.61 bits per heavy atom. The Kier molecular flexibility index (Phi) is 6.15. The number of methoxy groups -OCH3 is 1. The van der Waals surface area contributed by atoms with Crippen LogP contribution in [-0.2, 0) is 20.1 Å². The van der Waals surface area contributed by atoms with Gasteiger partial charge in [0.15, 0.2) is 11.2 Å². The summed E-state index contributed by atoms with van der Waals surface area (Å²) in [4.78, 5) is 32.9. The Morgan fingerprint density at radius 1 is 1.06 bits per heavy atom. The van der Waals surface area contributed by atoms with Crippen molar-refractivity contribution in [1.29, 1.82) is 0 Å². The van der Waals surface area contributed by atoms with Gasteiger partial charge in [0.25, 0.3) is 5.56 Å². The number of nitrogens with zero attached hydrogens (tertiary/aromatic N) is 5. The quantitative estimate of drug-likeness (QED) is 0.491. The number of fused-ring (bicyclic) bond motifs is 3. The molecule has 4 rings (SSSR count). The highest BCUT2D eigenvalue weighted by molar-refractivity contribution is 5.77. The van der Waals surface area contributed by atoms with Crippen molar-refractivity contribution < 1.29 is 4.74 Å². The van der Waals surface area contributed by atoms with Gasteiger partial charge >= 0.3 is 5.69 Å². The van der Waals surface area contributed by atoms with E-state index in [0.29, 0.717) is 36.7 Å². The van der Waals surface area contributed by atoms with Crippen molar-refractivity contribution in [2.24, 2.45) is 7.05 Å². The molecule has 0 fully saturated rings. The fraction of sp³-hybridized carbons (Fsp3) is 0.522. The first-order valence-corrected chi connectivity index (χ1v) is 11.2. The normalized spacial score (nSPS) is 13.2. The number of aryl methyl sites for hydroxylation is 1. The van der Waals surface area contributed by atoms with Gasteiger partial charge in [0.1, 0.15) is 5.75 Å². The van der Waals surface area contributed by atoms with E-state index in [9.17, 15) is 9.59 Å². The molecule has 0 aliphatic carbocycles. The lowest BCUT2D eigenvalue weighted by Gasteiger charge is -2.16. The van der Waals surface area contributed by atoms with Crippen molar-refractivity contribution in [3.8, 4) is 5.75 Å². The average Bonchev–Trinajstić information content (AvgIpc) is 3.36. The van der Waals surface area contributed by atoms with Gasteiger partial charge < -0.3 is 14.2 Å². The van der Waals surface area contributed by atoms with E-state index in [4.69, 9.17) is 9.72 Å². The number of anilines is 2. The summed E-state index contributed by atoms with van der Waals surface area (Å²) in [5.41, 5.74) is 1.37. The molecule has 0 spiro atoms. The van der Waals surface area contributed by atoms with Gasteiger partial charge in [0.05, 0.1) is 7.11 Å². The maximum Gasteiger partial charge on any atom is 0.332 e. The first-order chi connectivity index (χ1) is 15.1. The Morgan fingerprint density at radius 2 is 1.84 bits per heavy atom. The number of ether oxygens (including phenoxy) is 1. The minimum absolute atomic E-state index is 0.238. The lowest BCUT2D eigenvalue weighted by Crippen LogP contribution is -2.39. The Bertz CT molecular complexity index is 1190. The summed E-state index contributed by atoms with van der Waals surface area (Å²) in [5.74, 6) is 1.45. The molecule has 3 aromatic rings. The zero-order chi connectivity index (χ0) is 22.0. The second-order valence-corrected chi connectivity index (χ2v) is 8.15. The van der Waals surface area contributed by atoms with Crippen LogP contribution < -0.4 is 20.9 Å². The van der Waals surface area contributed by atoms with Crippen LogP contribution in [0.3, 0.4) is 0 Å². The number of rotatable bonds is 9. The van der Waals surface area contributed by atoms with Gasteiger partial charge in [-0.15, -0.1) is 0 Å². The first kappa shape index (κ1) is 21.2. The molecule has 8 nitrogen and oxygen atoms in total. The van der Waals surface area contributed by atoms with E-state index >= 15 is 0 Å². The molecule has 0 saturated carbocycles. The Balaban J connectivity index is 1.67. The maximum absolute atomic E-state index is 13.3. The molecule has 0 saturated heterocycles. The molecule has 31 heavy (non-hydrogen) atoms. The molecule has 0 unspecified atom stereocenters. The molecule has 0 amide bonds. The molecule has 1 aromatic carbocycles. The van der Waals surface area contributed by atoms with Crippen molar-refractivity contribution in [3.05, 3.63) is 45.1 Å². The maximum atomic E-state index is 13.3. The van der Waals surface area contributed by atoms with Crippen LogP contribution in [0.5, 0.6) is 5.75 Å². The molecule has 0 atom stereocenters. The molecule has 0 radical (unpaired) electrons. The lowest BCUT2D eigenvalue weighted by atomic mass is 10.1. The average molecular weight is 426 g/mol. The van der Waals surface area contributed by atoms with Gasteiger partial charge in [-0.05, 0) is 18.6 Å². The zero-order valence-corrected chi connectivity index (χ0v) is 18.6. The smallest absolute Gasteiger partial charge is 0.332 e. The standard InChI is InChI=1S/C23H31N5O3/c1-4-5-6-7-8-9-13-28-21(29)19-20(25(2)23(28)30)24-22-26(14-15-27(19)22)17-11-10-12-18(16-17)31-3/h10-12,16H,4-9,13-15H2,1-3H3. The van der Waals surface area contributed by atoms with E-state index in [-0.39, 0.29) is 11.2 Å². The molecule has 2 aromatic heterocycles. The van der Waals surface area contributed by atoms with Crippen LogP contribution in [0.15, 0.2) is 33.9 Å². The monoisotopic (exact) mass is 425 g/mol. The number of hydrogen-bond acceptors (Lipinski definition) is 5. The van der Waals surface area contributed by atoms with E-state index in [1.165, 1.54) is 28.4 Å². The zero-order valence-electron chi connectivity index (χ0n) is 18.6. The molecule has 0 bridgehead atoms. The van der Waals surface area contributed by atoms with Crippen LogP contribution in [0.4, 0.5) is 11.6 Å². The van der Waals surface area contributed by atoms with Crippen molar-refractivity contribution in [3.63, 3.8) is 0 Å². The van der Waals surface area contributed by atoms with E-state index in [1.54, 1.807) is 14.2 Å². The predicted molar refractivity (Wildman–Crippen MR) is 123 cm³/mol. The van der Waals surface area contributed by atoms with E-state index < -0.39 is 0 Å². The molecule has 1 aliphatic rings. The molecule has 166 valence electrons. The SMILES string of the molecule is CCCCCCCCn1c(=O)c2c(nc3n2CCN3c2cccc(OC)c2)n(C)c1=O.